The number of rotatable bonds is 2. The lowest BCUT2D eigenvalue weighted by Crippen LogP contribution is -2.58. The van der Waals surface area contributed by atoms with Crippen molar-refractivity contribution < 1.29 is 14.9 Å². The number of aliphatic hydroxyl groups is 2. The van der Waals surface area contributed by atoms with Gasteiger partial charge >= 0.3 is 0 Å². The molecular weight excluding hydrogens is 420 g/mol. The van der Waals surface area contributed by atoms with Crippen molar-refractivity contribution in [3.8, 4) is 0 Å². The Hall–Kier alpha value is -0.380. The van der Waals surface area contributed by atoms with E-state index in [1.54, 1.807) is 5.57 Å². The van der Waals surface area contributed by atoms with Crippen LogP contribution in [0.2, 0.25) is 0 Å². The van der Waals surface area contributed by atoms with Crippen LogP contribution in [0.25, 0.3) is 0 Å². The molecule has 10 atom stereocenters. The monoisotopic (exact) mass is 472 g/mol. The number of methoxy groups -OCH3 is 1. The minimum atomic E-state index is -0.380. The molecule has 2 N–H and O–H groups in total. The molecule has 0 bridgehead atoms. The van der Waals surface area contributed by atoms with Crippen LogP contribution < -0.4 is 0 Å². The van der Waals surface area contributed by atoms with Gasteiger partial charge in [-0.05, 0) is 110 Å². The number of hydrogen-bond donors (Lipinski definition) is 2. The fourth-order valence-electron chi connectivity index (χ4n) is 11.4. The molecule has 3 heteroatoms. The van der Waals surface area contributed by atoms with Crippen LogP contribution in [0, 0.1) is 50.7 Å². The van der Waals surface area contributed by atoms with E-state index in [1.807, 2.05) is 7.11 Å². The van der Waals surface area contributed by atoms with E-state index in [1.165, 1.54) is 44.9 Å². The molecule has 0 saturated heterocycles. The normalized spacial score (nSPS) is 54.6. The van der Waals surface area contributed by atoms with Gasteiger partial charge in [0.05, 0.1) is 18.8 Å². The second kappa shape index (κ2) is 8.06. The van der Waals surface area contributed by atoms with Crippen molar-refractivity contribution in [2.75, 3.05) is 13.7 Å². The van der Waals surface area contributed by atoms with E-state index >= 15 is 0 Å². The fourth-order valence-corrected chi connectivity index (χ4v) is 11.4. The first-order valence-corrected chi connectivity index (χ1v) is 14.4. The lowest BCUT2D eigenvalue weighted by molar-refractivity contribution is -0.178. The van der Waals surface area contributed by atoms with E-state index in [9.17, 15) is 10.2 Å². The van der Waals surface area contributed by atoms with Gasteiger partial charge in [0, 0.05) is 12.5 Å². The second-order valence-corrected chi connectivity index (χ2v) is 15.0. The lowest BCUT2D eigenvalue weighted by atomic mass is 9.42. The zero-order chi connectivity index (χ0) is 24.7. The number of ether oxygens (including phenoxy) is 1. The largest absolute Gasteiger partial charge is 0.396 e. The summed E-state index contributed by atoms with van der Waals surface area (Å²) < 4.78 is 6.02. The van der Waals surface area contributed by atoms with Gasteiger partial charge in [-0.15, -0.1) is 0 Å². The predicted octanol–water partition coefficient (Wildman–Crippen LogP) is 6.77. The molecule has 0 amide bonds. The van der Waals surface area contributed by atoms with E-state index in [4.69, 9.17) is 4.74 Å². The van der Waals surface area contributed by atoms with Crippen molar-refractivity contribution >= 4 is 0 Å². The lowest BCUT2D eigenvalue weighted by Gasteiger charge is -2.64. The quantitative estimate of drug-likeness (QED) is 0.436. The molecule has 0 spiro atoms. The Labute approximate surface area is 209 Å². The summed E-state index contributed by atoms with van der Waals surface area (Å²) in [4.78, 5) is 0. The van der Waals surface area contributed by atoms with Gasteiger partial charge in [-0.2, -0.15) is 0 Å². The van der Waals surface area contributed by atoms with Crippen molar-refractivity contribution in [1.29, 1.82) is 0 Å². The molecular formula is C31H52O3. The Morgan fingerprint density at radius 2 is 1.56 bits per heavy atom. The molecule has 194 valence electrons. The average Bonchev–Trinajstić information content (AvgIpc) is 2.93. The predicted molar refractivity (Wildman–Crippen MR) is 138 cm³/mol. The molecule has 0 aromatic rings. The van der Waals surface area contributed by atoms with Crippen LogP contribution in [0.3, 0.4) is 0 Å². The summed E-state index contributed by atoms with van der Waals surface area (Å²) in [6.45, 7) is 15.0. The molecule has 0 aromatic carbocycles. The highest BCUT2D eigenvalue weighted by Crippen LogP contribution is 2.70. The molecule has 5 aliphatic rings. The standard InChI is InChI=1S/C31H52O3/c1-27(2)22-12-15-28(3)18-20-8-10-24-29(4,16-13-25(33)31(24,6)19-32)21(20)9-11-23(28)30(22,5)17-14-26(27)34-7/h8,21-26,32-33H,9-19H2,1-7H3/t21-,22+,23+,24+,25-,26-,28-,29+,30-,31-/m0/s1. The summed E-state index contributed by atoms with van der Waals surface area (Å²) in [6, 6.07) is 0. The van der Waals surface area contributed by atoms with Crippen molar-refractivity contribution in [1.82, 2.24) is 0 Å². The van der Waals surface area contributed by atoms with Crippen LogP contribution in [0.4, 0.5) is 0 Å². The Bertz CT molecular complexity index is 833. The number of hydrogen-bond acceptors (Lipinski definition) is 3. The van der Waals surface area contributed by atoms with Gasteiger partial charge in [-0.1, -0.05) is 53.2 Å². The number of aliphatic hydroxyl groups excluding tert-OH is 2. The zero-order valence-corrected chi connectivity index (χ0v) is 23.1. The van der Waals surface area contributed by atoms with Gasteiger partial charge < -0.3 is 14.9 Å². The van der Waals surface area contributed by atoms with Crippen LogP contribution >= 0.6 is 0 Å². The first kappa shape index (κ1) is 25.3. The van der Waals surface area contributed by atoms with E-state index < -0.39 is 0 Å². The van der Waals surface area contributed by atoms with E-state index in [0.717, 1.165) is 31.1 Å². The Morgan fingerprint density at radius 1 is 0.853 bits per heavy atom. The highest BCUT2D eigenvalue weighted by Gasteiger charge is 2.63. The zero-order valence-electron chi connectivity index (χ0n) is 23.1. The van der Waals surface area contributed by atoms with Crippen molar-refractivity contribution in [3.63, 3.8) is 0 Å². The van der Waals surface area contributed by atoms with Crippen LogP contribution in [0.1, 0.15) is 106 Å². The summed E-state index contributed by atoms with van der Waals surface area (Å²) in [5.74, 6) is 2.48. The van der Waals surface area contributed by atoms with Crippen LogP contribution in [0.5, 0.6) is 0 Å². The topological polar surface area (TPSA) is 49.7 Å². The smallest absolute Gasteiger partial charge is 0.0625 e. The molecule has 5 rings (SSSR count). The molecule has 4 fully saturated rings. The first-order chi connectivity index (χ1) is 15.9. The summed E-state index contributed by atoms with van der Waals surface area (Å²) in [5.41, 5.74) is 2.56. The second-order valence-electron chi connectivity index (χ2n) is 15.0. The van der Waals surface area contributed by atoms with E-state index in [-0.39, 0.29) is 29.0 Å². The van der Waals surface area contributed by atoms with Gasteiger partial charge in [-0.25, -0.2) is 0 Å². The van der Waals surface area contributed by atoms with E-state index in [2.05, 4.69) is 47.6 Å². The molecule has 3 nitrogen and oxygen atoms in total. The Morgan fingerprint density at radius 3 is 2.24 bits per heavy atom. The molecule has 0 radical (unpaired) electrons. The van der Waals surface area contributed by atoms with E-state index in [0.29, 0.717) is 28.8 Å². The van der Waals surface area contributed by atoms with Gasteiger partial charge in [0.1, 0.15) is 0 Å². The van der Waals surface area contributed by atoms with Gasteiger partial charge in [0.2, 0.25) is 0 Å². The highest BCUT2D eigenvalue weighted by atomic mass is 16.5. The maximum Gasteiger partial charge on any atom is 0.0625 e. The molecule has 5 aliphatic carbocycles. The molecule has 0 heterocycles. The summed E-state index contributed by atoms with van der Waals surface area (Å²) in [5, 5.41) is 21.3. The maximum absolute atomic E-state index is 10.9. The number of fused-ring (bicyclic) bond motifs is 6. The number of allylic oxidation sites excluding steroid dienone is 2. The third-order valence-electron chi connectivity index (χ3n) is 13.3. The minimum Gasteiger partial charge on any atom is -0.396 e. The molecule has 34 heavy (non-hydrogen) atoms. The fraction of sp³-hybridized carbons (Fsp3) is 0.935. The van der Waals surface area contributed by atoms with Crippen LogP contribution in [-0.2, 0) is 4.74 Å². The van der Waals surface area contributed by atoms with Gasteiger partial charge in [-0.3, -0.25) is 0 Å². The highest BCUT2D eigenvalue weighted by molar-refractivity contribution is 5.25. The molecule has 0 aromatic heterocycles. The van der Waals surface area contributed by atoms with Crippen LogP contribution in [0.15, 0.2) is 11.6 Å². The summed E-state index contributed by atoms with van der Waals surface area (Å²) in [7, 11) is 1.92. The molecule has 4 saturated carbocycles. The van der Waals surface area contributed by atoms with Crippen molar-refractivity contribution in [3.05, 3.63) is 11.6 Å². The van der Waals surface area contributed by atoms with Crippen LogP contribution in [-0.4, -0.2) is 36.1 Å². The Kier molecular flexibility index (Phi) is 5.99. The third-order valence-corrected chi connectivity index (χ3v) is 13.3. The summed E-state index contributed by atoms with van der Waals surface area (Å²) >= 11 is 0. The summed E-state index contributed by atoms with van der Waals surface area (Å²) in [6.07, 6.45) is 14.6. The average molecular weight is 473 g/mol. The SMILES string of the molecule is CO[C@H]1CC[C@@]2(C)[C@H](CC[C@@]3(C)CC4=CC[C@H]5[C@](C)(CO)[C@@H](O)CC[C@]5(C)[C@H]4CC[C@H]32)C1(C)C. The van der Waals surface area contributed by atoms with Gasteiger partial charge in [0.25, 0.3) is 0 Å². The van der Waals surface area contributed by atoms with Crippen molar-refractivity contribution in [2.24, 2.45) is 50.7 Å². The van der Waals surface area contributed by atoms with Gasteiger partial charge in [0.15, 0.2) is 0 Å². The molecule has 0 aliphatic heterocycles. The third kappa shape index (κ3) is 3.24. The minimum absolute atomic E-state index is 0.0974. The maximum atomic E-state index is 10.9. The Balaban J connectivity index is 1.49. The van der Waals surface area contributed by atoms with Crippen molar-refractivity contribution in [2.45, 2.75) is 118 Å². The first-order valence-electron chi connectivity index (χ1n) is 14.4. The molecule has 0 unspecified atom stereocenters.